The Labute approximate surface area is 59.0 Å². The third kappa shape index (κ3) is 142. The first-order valence-corrected chi connectivity index (χ1v) is 3.35. The molecule has 0 atom stereocenters. The third-order valence-electron chi connectivity index (χ3n) is 0.236. The second-order valence-electron chi connectivity index (χ2n) is 1.18. The van der Waals surface area contributed by atoms with Crippen molar-refractivity contribution in [3.8, 4) is 0 Å². The van der Waals surface area contributed by atoms with E-state index in [1.165, 1.54) is 11.8 Å². The van der Waals surface area contributed by atoms with E-state index in [2.05, 4.69) is 6.58 Å². The van der Waals surface area contributed by atoms with E-state index in [1.54, 1.807) is 0 Å². The molecule has 0 saturated carbocycles. The van der Waals surface area contributed by atoms with E-state index >= 15 is 0 Å². The molecule has 0 aliphatic rings. The van der Waals surface area contributed by atoms with Gasteiger partial charge >= 0.3 is 0 Å². The normalized spacial score (nSPS) is 6.78. The molecule has 0 rings (SSSR count). The summed E-state index contributed by atoms with van der Waals surface area (Å²) in [6.07, 6.45) is 1.83. The lowest BCUT2D eigenvalue weighted by Gasteiger charge is -1.72. The van der Waals surface area contributed by atoms with Crippen LogP contribution in [0.2, 0.25) is 0 Å². The van der Waals surface area contributed by atoms with Gasteiger partial charge in [0.05, 0.1) is 5.82 Å². The molecule has 5 heteroatoms. The average molecular weight is 149 g/mol. The van der Waals surface area contributed by atoms with Gasteiger partial charge in [-0.2, -0.15) is 0 Å². The van der Waals surface area contributed by atoms with Crippen molar-refractivity contribution in [2.24, 2.45) is 17.2 Å². The summed E-state index contributed by atoms with van der Waals surface area (Å²) in [5.41, 5.74) is 14.3. The molecule has 0 heterocycles. The van der Waals surface area contributed by atoms with Crippen LogP contribution in [0.15, 0.2) is 12.4 Å². The summed E-state index contributed by atoms with van der Waals surface area (Å²) in [7, 11) is 0. The van der Waals surface area contributed by atoms with Gasteiger partial charge in [0.25, 0.3) is 5.17 Å². The standard InChI is InChI=1S/C2H6N2S.C2H6N2/c1-5-2(3)4;1-2(3)4/h1H3,(H3,3,4);1,3-4H2/p+1. The molecular formula is C4H13N4S+. The Balaban J connectivity index is 0. The highest BCUT2D eigenvalue weighted by molar-refractivity contribution is 8.12. The minimum atomic E-state index is 0.167. The molecule has 0 saturated heterocycles. The molecular weight excluding hydrogens is 136 g/mol. The second-order valence-corrected chi connectivity index (χ2v) is 2.06. The monoisotopic (exact) mass is 149 g/mol. The van der Waals surface area contributed by atoms with E-state index in [0.29, 0.717) is 5.17 Å². The molecule has 0 aromatic carbocycles. The van der Waals surface area contributed by atoms with Gasteiger partial charge in [-0.3, -0.25) is 11.1 Å². The number of thioether (sulfide) groups is 1. The van der Waals surface area contributed by atoms with Crippen molar-refractivity contribution in [1.29, 1.82) is 0 Å². The molecule has 9 heavy (non-hydrogen) atoms. The summed E-state index contributed by atoms with van der Waals surface area (Å²) >= 11 is 1.35. The molecule has 0 fully saturated rings. The van der Waals surface area contributed by atoms with Crippen LogP contribution in [0.3, 0.4) is 0 Å². The molecule has 0 radical (unpaired) electrons. The van der Waals surface area contributed by atoms with E-state index in [9.17, 15) is 0 Å². The SMILES string of the molecule is C=C(N)N.CSC(N)=[NH2+]. The zero-order chi connectivity index (χ0) is 7.86. The first-order chi connectivity index (χ1) is 4.00. The fourth-order valence-electron chi connectivity index (χ4n) is 0. The van der Waals surface area contributed by atoms with Crippen LogP contribution in [0, 0.1) is 0 Å². The van der Waals surface area contributed by atoms with Crippen LogP contribution >= 0.6 is 11.8 Å². The zero-order valence-electron chi connectivity index (χ0n) is 5.42. The molecule has 0 spiro atoms. The lowest BCUT2D eigenvalue weighted by Crippen LogP contribution is -2.42. The van der Waals surface area contributed by atoms with Crippen LogP contribution in [0.1, 0.15) is 0 Å². The summed E-state index contributed by atoms with van der Waals surface area (Å²) < 4.78 is 0. The van der Waals surface area contributed by atoms with E-state index in [4.69, 9.17) is 22.6 Å². The first-order valence-electron chi connectivity index (χ1n) is 2.12. The average Bonchev–Trinajstić information content (AvgIpc) is 1.65. The predicted octanol–water partition coefficient (Wildman–Crippen LogP) is -2.20. The molecule has 0 unspecified atom stereocenters. The van der Waals surface area contributed by atoms with Crippen molar-refractivity contribution in [1.82, 2.24) is 0 Å². The maximum Gasteiger partial charge on any atom is 0.299 e. The van der Waals surface area contributed by atoms with Crippen molar-refractivity contribution in [3.05, 3.63) is 12.4 Å². The van der Waals surface area contributed by atoms with E-state index < -0.39 is 0 Å². The van der Waals surface area contributed by atoms with Gasteiger partial charge in [0.1, 0.15) is 0 Å². The largest absolute Gasteiger partial charge is 0.386 e. The number of amidine groups is 1. The fraction of sp³-hybridized carbons (Fsp3) is 0.250. The zero-order valence-corrected chi connectivity index (χ0v) is 6.24. The highest BCUT2D eigenvalue weighted by Crippen LogP contribution is 1.79. The summed E-state index contributed by atoms with van der Waals surface area (Å²) in [5.74, 6) is 0.167. The fourth-order valence-corrected chi connectivity index (χ4v) is 0. The number of nitrogens with two attached hydrogens (primary N) is 4. The van der Waals surface area contributed by atoms with Crippen LogP contribution in [0.25, 0.3) is 0 Å². The molecule has 54 valence electrons. The van der Waals surface area contributed by atoms with Gasteiger partial charge < -0.3 is 11.5 Å². The van der Waals surface area contributed by atoms with Crippen LogP contribution in [0.4, 0.5) is 0 Å². The summed E-state index contributed by atoms with van der Waals surface area (Å²) in [6.45, 7) is 3.11. The number of rotatable bonds is 0. The molecule has 0 aromatic rings. The minimum absolute atomic E-state index is 0.167. The lowest BCUT2D eigenvalue weighted by molar-refractivity contribution is -0.110. The smallest absolute Gasteiger partial charge is 0.299 e. The van der Waals surface area contributed by atoms with Gasteiger partial charge in [-0.05, 0) is 18.0 Å². The second kappa shape index (κ2) is 7.16. The van der Waals surface area contributed by atoms with Crippen molar-refractivity contribution in [2.75, 3.05) is 6.26 Å². The number of hydrogen-bond donors (Lipinski definition) is 4. The van der Waals surface area contributed by atoms with Gasteiger partial charge in [-0.15, -0.1) is 0 Å². The molecule has 0 amide bonds. The third-order valence-corrected chi connectivity index (χ3v) is 0.707. The van der Waals surface area contributed by atoms with Crippen molar-refractivity contribution in [3.63, 3.8) is 0 Å². The van der Waals surface area contributed by atoms with Crippen LogP contribution in [-0.2, 0) is 0 Å². The summed E-state index contributed by atoms with van der Waals surface area (Å²) in [6, 6.07) is 0. The predicted molar refractivity (Wildman–Crippen MR) is 42.1 cm³/mol. The molecule has 0 bridgehead atoms. The van der Waals surface area contributed by atoms with Gasteiger partial charge in [0.15, 0.2) is 0 Å². The first kappa shape index (κ1) is 11.0. The van der Waals surface area contributed by atoms with Crippen molar-refractivity contribution in [2.45, 2.75) is 0 Å². The molecule has 0 aliphatic carbocycles. The topological polar surface area (TPSA) is 104 Å². The molecule has 8 N–H and O–H groups in total. The minimum Gasteiger partial charge on any atom is -0.386 e. The maximum absolute atomic E-state index is 4.95. The van der Waals surface area contributed by atoms with Crippen LogP contribution in [-0.4, -0.2) is 11.4 Å². The lowest BCUT2D eigenvalue weighted by atomic mass is 10.9. The summed E-state index contributed by atoms with van der Waals surface area (Å²) in [5, 5.41) is 5.37. The molecule has 0 aromatic heterocycles. The highest BCUT2D eigenvalue weighted by Gasteiger charge is 1.80. The highest BCUT2D eigenvalue weighted by atomic mass is 32.2. The Morgan fingerprint density at radius 2 is 1.56 bits per heavy atom. The van der Waals surface area contributed by atoms with Gasteiger partial charge in [-0.25, -0.2) is 0 Å². The van der Waals surface area contributed by atoms with Crippen LogP contribution in [0.5, 0.6) is 0 Å². The molecule has 0 aliphatic heterocycles. The Morgan fingerprint density at radius 3 is 1.56 bits per heavy atom. The van der Waals surface area contributed by atoms with Gasteiger partial charge in [0, 0.05) is 0 Å². The Kier molecular flexibility index (Phi) is 8.77. The molecule has 4 nitrogen and oxygen atoms in total. The van der Waals surface area contributed by atoms with Gasteiger partial charge in [0.2, 0.25) is 0 Å². The quantitative estimate of drug-likeness (QED) is 0.232. The van der Waals surface area contributed by atoms with Crippen LogP contribution < -0.4 is 22.6 Å². The van der Waals surface area contributed by atoms with Crippen molar-refractivity contribution < 1.29 is 5.41 Å². The van der Waals surface area contributed by atoms with E-state index in [1.807, 2.05) is 6.26 Å². The Hall–Kier alpha value is -0.840. The van der Waals surface area contributed by atoms with Crippen molar-refractivity contribution >= 4 is 16.9 Å². The Bertz CT molecular complexity index is 96.7. The Morgan fingerprint density at radius 1 is 1.44 bits per heavy atom. The van der Waals surface area contributed by atoms with Gasteiger partial charge in [-0.1, -0.05) is 6.58 Å². The van der Waals surface area contributed by atoms with E-state index in [0.717, 1.165) is 0 Å². The summed E-state index contributed by atoms with van der Waals surface area (Å²) in [4.78, 5) is 0. The number of hydrogen-bond acceptors (Lipinski definition) is 3. The maximum atomic E-state index is 4.95. The van der Waals surface area contributed by atoms with E-state index in [-0.39, 0.29) is 5.82 Å².